The number of aryl methyl sites for hydroxylation is 1. The number of nitrogens with zero attached hydrogens (tertiary/aromatic N) is 2. The first-order chi connectivity index (χ1) is 19.2. The van der Waals surface area contributed by atoms with Gasteiger partial charge in [0.2, 0.25) is 0 Å². The number of hydrogen-bond donors (Lipinski definition) is 0. The van der Waals surface area contributed by atoms with Crippen molar-refractivity contribution in [2.75, 3.05) is 4.90 Å². The van der Waals surface area contributed by atoms with E-state index in [1.54, 1.807) is 0 Å². The molecule has 0 unspecified atom stereocenters. The van der Waals surface area contributed by atoms with Crippen LogP contribution in [0.2, 0.25) is 0 Å². The number of para-hydroxylation sites is 2. The molecular formula is C36H28N2O. The smallest absolute Gasteiger partial charge is 0.129 e. The molecule has 1 aromatic heterocycles. The highest BCUT2D eigenvalue weighted by atomic mass is 16.5. The number of hydrogen-bond acceptors (Lipinski definition) is 3. The Labute approximate surface area is 229 Å². The van der Waals surface area contributed by atoms with Gasteiger partial charge >= 0.3 is 0 Å². The summed E-state index contributed by atoms with van der Waals surface area (Å²) >= 11 is 0. The summed E-state index contributed by atoms with van der Waals surface area (Å²) in [4.78, 5) is 7.19. The molecule has 0 saturated heterocycles. The van der Waals surface area contributed by atoms with Crippen molar-refractivity contribution in [3.05, 3.63) is 157 Å². The monoisotopic (exact) mass is 504 g/mol. The summed E-state index contributed by atoms with van der Waals surface area (Å²) in [6, 6.07) is 51.5. The number of benzene rings is 5. The third kappa shape index (κ3) is 5.43. The summed E-state index contributed by atoms with van der Waals surface area (Å²) < 4.78 is 6.42. The molecule has 0 aliphatic heterocycles. The molecule has 0 amide bonds. The van der Waals surface area contributed by atoms with Gasteiger partial charge in [-0.2, -0.15) is 0 Å². The van der Waals surface area contributed by atoms with Crippen LogP contribution in [0.1, 0.15) is 5.56 Å². The van der Waals surface area contributed by atoms with Gasteiger partial charge in [-0.15, -0.1) is 0 Å². The maximum Gasteiger partial charge on any atom is 0.129 e. The van der Waals surface area contributed by atoms with Crippen molar-refractivity contribution >= 4 is 17.1 Å². The van der Waals surface area contributed by atoms with Crippen molar-refractivity contribution in [3.63, 3.8) is 0 Å². The standard InChI is InChI=1S/C36H28N2O/c1-27-23-24-33(26-34(27)36-22-12-21-35(37-36)28-13-5-2-6-14-28)39-32-20-11-19-31(25-32)38(29-15-7-3-8-16-29)30-17-9-4-10-18-30/h2-26H,1H3. The molecule has 0 aliphatic rings. The fraction of sp³-hybridized carbons (Fsp3) is 0.0278. The van der Waals surface area contributed by atoms with E-state index in [1.165, 1.54) is 0 Å². The van der Waals surface area contributed by atoms with Crippen LogP contribution in [0.4, 0.5) is 17.1 Å². The number of ether oxygens (including phenoxy) is 1. The van der Waals surface area contributed by atoms with Gasteiger partial charge in [0.25, 0.3) is 0 Å². The average Bonchev–Trinajstić information content (AvgIpc) is 3.00. The van der Waals surface area contributed by atoms with Crippen LogP contribution in [0.15, 0.2) is 152 Å². The normalized spacial score (nSPS) is 10.7. The van der Waals surface area contributed by atoms with Gasteiger partial charge in [0.15, 0.2) is 0 Å². The fourth-order valence-corrected chi connectivity index (χ4v) is 4.72. The van der Waals surface area contributed by atoms with E-state index in [0.717, 1.165) is 56.6 Å². The molecule has 0 bridgehead atoms. The fourth-order valence-electron chi connectivity index (χ4n) is 4.72. The first-order valence-electron chi connectivity index (χ1n) is 13.1. The molecule has 188 valence electrons. The van der Waals surface area contributed by atoms with Gasteiger partial charge in [-0.05, 0) is 73.2 Å². The van der Waals surface area contributed by atoms with Gasteiger partial charge in [0.05, 0.1) is 11.4 Å². The van der Waals surface area contributed by atoms with Gasteiger partial charge in [-0.3, -0.25) is 0 Å². The third-order valence-corrected chi connectivity index (χ3v) is 6.64. The van der Waals surface area contributed by atoms with Crippen LogP contribution in [0.5, 0.6) is 11.5 Å². The summed E-state index contributed by atoms with van der Waals surface area (Å²) in [5.41, 5.74) is 8.37. The van der Waals surface area contributed by atoms with Crippen molar-refractivity contribution in [2.24, 2.45) is 0 Å². The van der Waals surface area contributed by atoms with Crippen molar-refractivity contribution in [2.45, 2.75) is 6.92 Å². The average molecular weight is 505 g/mol. The largest absolute Gasteiger partial charge is 0.457 e. The Bertz CT molecular complexity index is 1640. The number of aromatic nitrogens is 1. The molecule has 5 aromatic carbocycles. The predicted molar refractivity (Wildman–Crippen MR) is 161 cm³/mol. The lowest BCUT2D eigenvalue weighted by Gasteiger charge is -2.25. The summed E-state index contributed by atoms with van der Waals surface area (Å²) in [6.45, 7) is 2.11. The Kier molecular flexibility index (Phi) is 6.87. The Morgan fingerprint density at radius 3 is 1.74 bits per heavy atom. The van der Waals surface area contributed by atoms with E-state index in [0.29, 0.717) is 0 Å². The van der Waals surface area contributed by atoms with E-state index in [9.17, 15) is 0 Å². The molecule has 39 heavy (non-hydrogen) atoms. The molecule has 1 heterocycles. The zero-order valence-electron chi connectivity index (χ0n) is 21.7. The molecule has 0 spiro atoms. The highest BCUT2D eigenvalue weighted by Crippen LogP contribution is 2.37. The topological polar surface area (TPSA) is 25.4 Å². The van der Waals surface area contributed by atoms with Gasteiger partial charge in [-0.1, -0.05) is 84.9 Å². The SMILES string of the molecule is Cc1ccc(Oc2cccc(N(c3ccccc3)c3ccccc3)c2)cc1-c1cccc(-c2ccccc2)n1. The predicted octanol–water partition coefficient (Wildman–Crippen LogP) is 9.99. The second-order valence-corrected chi connectivity index (χ2v) is 9.36. The van der Waals surface area contributed by atoms with Crippen LogP contribution in [0, 0.1) is 6.92 Å². The zero-order chi connectivity index (χ0) is 26.4. The van der Waals surface area contributed by atoms with E-state index in [2.05, 4.69) is 109 Å². The quantitative estimate of drug-likeness (QED) is 0.216. The molecule has 0 radical (unpaired) electrons. The van der Waals surface area contributed by atoms with Crippen molar-refractivity contribution in [1.29, 1.82) is 0 Å². The summed E-state index contributed by atoms with van der Waals surface area (Å²) in [6.07, 6.45) is 0. The van der Waals surface area contributed by atoms with Crippen LogP contribution in [-0.4, -0.2) is 4.98 Å². The highest BCUT2D eigenvalue weighted by molar-refractivity contribution is 5.77. The Morgan fingerprint density at radius 1 is 0.487 bits per heavy atom. The molecule has 0 fully saturated rings. The molecule has 0 saturated carbocycles. The zero-order valence-corrected chi connectivity index (χ0v) is 21.7. The second kappa shape index (κ2) is 11.1. The lowest BCUT2D eigenvalue weighted by molar-refractivity contribution is 0.483. The van der Waals surface area contributed by atoms with Crippen LogP contribution in [-0.2, 0) is 0 Å². The molecule has 6 aromatic rings. The lowest BCUT2D eigenvalue weighted by atomic mass is 10.0. The second-order valence-electron chi connectivity index (χ2n) is 9.36. The van der Waals surface area contributed by atoms with Gasteiger partial charge < -0.3 is 9.64 Å². The molecule has 3 nitrogen and oxygen atoms in total. The van der Waals surface area contributed by atoms with Crippen LogP contribution < -0.4 is 9.64 Å². The minimum Gasteiger partial charge on any atom is -0.457 e. The summed E-state index contributed by atoms with van der Waals surface area (Å²) in [5.74, 6) is 1.54. The van der Waals surface area contributed by atoms with E-state index in [-0.39, 0.29) is 0 Å². The van der Waals surface area contributed by atoms with Crippen LogP contribution >= 0.6 is 0 Å². The van der Waals surface area contributed by atoms with Gasteiger partial charge in [-0.25, -0.2) is 4.98 Å². The maximum absolute atomic E-state index is 6.42. The van der Waals surface area contributed by atoms with E-state index < -0.39 is 0 Å². The van der Waals surface area contributed by atoms with Crippen molar-refractivity contribution in [3.8, 4) is 34.0 Å². The van der Waals surface area contributed by atoms with Gasteiger partial charge in [0, 0.05) is 34.3 Å². The Balaban J connectivity index is 1.32. The lowest BCUT2D eigenvalue weighted by Crippen LogP contribution is -2.09. The first-order valence-corrected chi connectivity index (χ1v) is 13.1. The third-order valence-electron chi connectivity index (χ3n) is 6.64. The number of pyridine rings is 1. The minimum atomic E-state index is 0.769. The molecule has 6 rings (SSSR count). The van der Waals surface area contributed by atoms with Crippen molar-refractivity contribution in [1.82, 2.24) is 4.98 Å². The van der Waals surface area contributed by atoms with E-state index >= 15 is 0 Å². The molecule has 0 atom stereocenters. The molecular weight excluding hydrogens is 476 g/mol. The first kappa shape index (κ1) is 24.2. The van der Waals surface area contributed by atoms with E-state index in [4.69, 9.17) is 9.72 Å². The molecule has 0 aliphatic carbocycles. The molecule has 0 N–H and O–H groups in total. The van der Waals surface area contributed by atoms with Crippen molar-refractivity contribution < 1.29 is 4.74 Å². The molecule has 3 heteroatoms. The highest BCUT2D eigenvalue weighted by Gasteiger charge is 2.13. The van der Waals surface area contributed by atoms with Gasteiger partial charge in [0.1, 0.15) is 11.5 Å². The minimum absolute atomic E-state index is 0.769. The Morgan fingerprint density at radius 2 is 1.05 bits per heavy atom. The van der Waals surface area contributed by atoms with Crippen LogP contribution in [0.3, 0.4) is 0 Å². The summed E-state index contributed by atoms with van der Waals surface area (Å²) in [5, 5.41) is 0. The number of anilines is 3. The maximum atomic E-state index is 6.42. The number of rotatable bonds is 7. The van der Waals surface area contributed by atoms with Crippen LogP contribution in [0.25, 0.3) is 22.5 Å². The summed E-state index contributed by atoms with van der Waals surface area (Å²) in [7, 11) is 0. The van der Waals surface area contributed by atoms with E-state index in [1.807, 2.05) is 54.6 Å². The Hall–Kier alpha value is -5.15.